The predicted octanol–water partition coefficient (Wildman–Crippen LogP) is 3.86. The van der Waals surface area contributed by atoms with E-state index >= 15 is 0 Å². The summed E-state index contributed by atoms with van der Waals surface area (Å²) in [5.41, 5.74) is 6.17. The van der Waals surface area contributed by atoms with Gasteiger partial charge in [-0.1, -0.05) is 36.4 Å². The molecule has 1 aliphatic rings. The van der Waals surface area contributed by atoms with E-state index in [1.54, 1.807) is 23.0 Å². The molecule has 174 valence electrons. The minimum atomic E-state index is -3.45. The average Bonchev–Trinajstić information content (AvgIpc) is 3.30. The van der Waals surface area contributed by atoms with Gasteiger partial charge >= 0.3 is 0 Å². The maximum absolute atomic E-state index is 13.0. The number of H-pyrrole nitrogens is 1. The van der Waals surface area contributed by atoms with Gasteiger partial charge in [0.1, 0.15) is 0 Å². The Morgan fingerprint density at radius 3 is 2.53 bits per heavy atom. The summed E-state index contributed by atoms with van der Waals surface area (Å²) in [7, 11) is -3.45. The molecule has 1 atom stereocenters. The molecule has 1 N–H and O–H groups in total. The lowest BCUT2D eigenvalue weighted by Crippen LogP contribution is -2.45. The number of aromatic amines is 1. The van der Waals surface area contributed by atoms with Crippen LogP contribution in [0.1, 0.15) is 16.8 Å². The van der Waals surface area contributed by atoms with Gasteiger partial charge in [-0.2, -0.15) is 4.31 Å². The summed E-state index contributed by atoms with van der Waals surface area (Å²) in [6, 6.07) is 20.2. The van der Waals surface area contributed by atoms with Crippen molar-refractivity contribution in [1.29, 1.82) is 0 Å². The zero-order valence-corrected chi connectivity index (χ0v) is 19.8. The number of nitrogens with one attached hydrogen (secondary N) is 1. The smallest absolute Gasteiger partial charge is 0.211 e. The molecule has 0 fully saturated rings. The van der Waals surface area contributed by atoms with Gasteiger partial charge in [0.25, 0.3) is 0 Å². The van der Waals surface area contributed by atoms with Crippen molar-refractivity contribution in [1.82, 2.24) is 19.3 Å². The summed E-state index contributed by atoms with van der Waals surface area (Å²) in [4.78, 5) is 13.8. The van der Waals surface area contributed by atoms with Crippen LogP contribution >= 0.6 is 0 Å². The number of imidazole rings is 1. The lowest BCUT2D eigenvalue weighted by Gasteiger charge is -2.31. The van der Waals surface area contributed by atoms with Crippen molar-refractivity contribution in [2.24, 2.45) is 0 Å². The highest BCUT2D eigenvalue weighted by Gasteiger charge is 2.33. The zero-order chi connectivity index (χ0) is 23.5. The first-order valence-corrected chi connectivity index (χ1v) is 13.1. The first kappa shape index (κ1) is 22.3. The van der Waals surface area contributed by atoms with Crippen LogP contribution in [0.3, 0.4) is 0 Å². The number of hydrogen-bond donors (Lipinski definition) is 1. The average molecular weight is 474 g/mol. The molecular weight excluding hydrogens is 446 g/mol. The molecular formula is C26H27N5O2S. The highest BCUT2D eigenvalue weighted by Crippen LogP contribution is 2.34. The number of rotatable bonds is 6. The van der Waals surface area contributed by atoms with Crippen LogP contribution in [-0.2, 0) is 29.5 Å². The van der Waals surface area contributed by atoms with Crippen molar-refractivity contribution in [3.8, 4) is 11.1 Å². The molecule has 7 nitrogen and oxygen atoms in total. The first-order chi connectivity index (χ1) is 16.5. The molecule has 34 heavy (non-hydrogen) atoms. The van der Waals surface area contributed by atoms with Gasteiger partial charge in [-0.3, -0.25) is 4.98 Å². The number of anilines is 1. The summed E-state index contributed by atoms with van der Waals surface area (Å²) in [5, 5.41) is 0. The Morgan fingerprint density at radius 1 is 1.03 bits per heavy atom. The van der Waals surface area contributed by atoms with E-state index in [9.17, 15) is 8.42 Å². The SMILES string of the molecule is CS(=O)(=O)N1Cc2cc(-c3ccccc3)ccc2N(Cc2c[nH]cn2)CC1Cc1ccncc1. The second kappa shape index (κ2) is 9.40. The van der Waals surface area contributed by atoms with E-state index in [4.69, 9.17) is 0 Å². The number of hydrogen-bond acceptors (Lipinski definition) is 5. The molecule has 0 radical (unpaired) electrons. The van der Waals surface area contributed by atoms with Gasteiger partial charge in [0.15, 0.2) is 0 Å². The van der Waals surface area contributed by atoms with Crippen LogP contribution in [0.5, 0.6) is 0 Å². The Morgan fingerprint density at radius 2 is 1.82 bits per heavy atom. The summed E-state index contributed by atoms with van der Waals surface area (Å²) >= 11 is 0. The first-order valence-electron chi connectivity index (χ1n) is 11.2. The van der Waals surface area contributed by atoms with Gasteiger partial charge in [0, 0.05) is 43.4 Å². The molecule has 0 spiro atoms. The fourth-order valence-corrected chi connectivity index (χ4v) is 5.70. The third-order valence-electron chi connectivity index (χ3n) is 6.25. The number of aromatic nitrogens is 3. The van der Waals surface area contributed by atoms with Crippen LogP contribution in [0.25, 0.3) is 11.1 Å². The topological polar surface area (TPSA) is 82.2 Å². The molecule has 2 aromatic heterocycles. The van der Waals surface area contributed by atoms with Gasteiger partial charge < -0.3 is 9.88 Å². The molecule has 0 amide bonds. The van der Waals surface area contributed by atoms with Gasteiger partial charge in [-0.15, -0.1) is 0 Å². The lowest BCUT2D eigenvalue weighted by atomic mass is 10.0. The molecule has 0 bridgehead atoms. The zero-order valence-electron chi connectivity index (χ0n) is 19.0. The molecule has 0 aliphatic carbocycles. The summed E-state index contributed by atoms with van der Waals surface area (Å²) in [6.07, 6.45) is 8.96. The Bertz CT molecular complexity index is 1340. The number of sulfonamides is 1. The number of benzene rings is 2. The fourth-order valence-electron chi connectivity index (χ4n) is 4.64. The normalized spacial score (nSPS) is 16.7. The number of nitrogens with zero attached hydrogens (tertiary/aromatic N) is 4. The molecule has 0 saturated heterocycles. The van der Waals surface area contributed by atoms with Gasteiger partial charge in [0.05, 0.1) is 24.8 Å². The second-order valence-corrected chi connectivity index (χ2v) is 10.6. The van der Waals surface area contributed by atoms with E-state index < -0.39 is 10.0 Å². The van der Waals surface area contributed by atoms with Crippen LogP contribution in [0.4, 0.5) is 5.69 Å². The summed E-state index contributed by atoms with van der Waals surface area (Å²) in [6.45, 7) is 1.47. The molecule has 5 rings (SSSR count). The minimum absolute atomic E-state index is 0.232. The Kier molecular flexibility index (Phi) is 6.17. The highest BCUT2D eigenvalue weighted by atomic mass is 32.2. The van der Waals surface area contributed by atoms with Crippen molar-refractivity contribution in [3.63, 3.8) is 0 Å². The van der Waals surface area contributed by atoms with Crippen LogP contribution in [0.15, 0.2) is 85.6 Å². The maximum atomic E-state index is 13.0. The van der Waals surface area contributed by atoms with E-state index in [2.05, 4.69) is 50.2 Å². The van der Waals surface area contributed by atoms with Crippen LogP contribution in [0, 0.1) is 0 Å². The van der Waals surface area contributed by atoms with Crippen molar-refractivity contribution in [2.45, 2.75) is 25.6 Å². The molecule has 0 saturated carbocycles. The van der Waals surface area contributed by atoms with E-state index in [-0.39, 0.29) is 6.04 Å². The Labute approximate surface area is 200 Å². The van der Waals surface area contributed by atoms with E-state index in [1.807, 2.05) is 36.5 Å². The van der Waals surface area contributed by atoms with Crippen molar-refractivity contribution in [2.75, 3.05) is 17.7 Å². The molecule has 8 heteroatoms. The van der Waals surface area contributed by atoms with E-state index in [1.165, 1.54) is 6.26 Å². The second-order valence-electron chi connectivity index (χ2n) is 8.67. The Hall–Kier alpha value is -3.49. The highest BCUT2D eigenvalue weighted by molar-refractivity contribution is 7.88. The van der Waals surface area contributed by atoms with Gasteiger partial charge in [-0.05, 0) is 52.9 Å². The van der Waals surface area contributed by atoms with Gasteiger partial charge in [0.2, 0.25) is 10.0 Å². The minimum Gasteiger partial charge on any atom is -0.364 e. The summed E-state index contributed by atoms with van der Waals surface area (Å²) in [5.74, 6) is 0. The monoisotopic (exact) mass is 473 g/mol. The predicted molar refractivity (Wildman–Crippen MR) is 134 cm³/mol. The number of pyridine rings is 1. The van der Waals surface area contributed by atoms with Gasteiger partial charge in [-0.25, -0.2) is 13.4 Å². The maximum Gasteiger partial charge on any atom is 0.211 e. The van der Waals surface area contributed by atoms with Crippen molar-refractivity contribution in [3.05, 3.63) is 102 Å². The van der Waals surface area contributed by atoms with Crippen LogP contribution in [-0.4, -0.2) is 46.5 Å². The summed E-state index contributed by atoms with van der Waals surface area (Å²) < 4.78 is 27.7. The third-order valence-corrected chi connectivity index (χ3v) is 7.53. The quantitative estimate of drug-likeness (QED) is 0.460. The number of fused-ring (bicyclic) bond motifs is 1. The van der Waals surface area contributed by atoms with E-state index in [0.717, 1.165) is 33.6 Å². The third kappa shape index (κ3) is 4.88. The van der Waals surface area contributed by atoms with Crippen LogP contribution in [0.2, 0.25) is 0 Å². The lowest BCUT2D eigenvalue weighted by molar-refractivity contribution is 0.320. The molecule has 1 aliphatic heterocycles. The molecule has 3 heterocycles. The fraction of sp³-hybridized carbons (Fsp3) is 0.231. The van der Waals surface area contributed by atoms with Crippen molar-refractivity contribution >= 4 is 15.7 Å². The largest absolute Gasteiger partial charge is 0.364 e. The molecule has 4 aromatic rings. The van der Waals surface area contributed by atoms with E-state index in [0.29, 0.717) is 26.1 Å². The van der Waals surface area contributed by atoms with Crippen LogP contribution < -0.4 is 4.90 Å². The Balaban J connectivity index is 1.58. The molecule has 2 aromatic carbocycles. The standard InChI is InChI=1S/C26H27N5O2S/c1-34(32,33)31-16-23-14-22(21-5-3-2-4-6-21)7-8-26(23)30(17-24-15-28-19-29-24)18-25(31)13-20-9-11-27-12-10-20/h2-12,14-15,19,25H,13,16-18H2,1H3,(H,28,29). The van der Waals surface area contributed by atoms with Crippen molar-refractivity contribution < 1.29 is 8.42 Å². The molecule has 1 unspecified atom stereocenters.